The number of carbonyl (C=O) groups excluding carboxylic acids is 1. The van der Waals surface area contributed by atoms with Crippen molar-refractivity contribution in [2.75, 3.05) is 0 Å². The summed E-state index contributed by atoms with van der Waals surface area (Å²) < 4.78 is 0. The molecule has 0 atom stereocenters. The molecule has 1 aromatic carbocycles. The zero-order valence-corrected chi connectivity index (χ0v) is 11.1. The highest BCUT2D eigenvalue weighted by molar-refractivity contribution is 7.99. The molecular formula is C12H7ClN4OS. The van der Waals surface area contributed by atoms with E-state index in [1.807, 2.05) is 6.07 Å². The van der Waals surface area contributed by atoms with E-state index in [1.54, 1.807) is 18.5 Å². The van der Waals surface area contributed by atoms with E-state index in [2.05, 4.69) is 19.9 Å². The van der Waals surface area contributed by atoms with E-state index in [-0.39, 0.29) is 0 Å². The van der Waals surface area contributed by atoms with E-state index in [0.717, 1.165) is 21.7 Å². The second kappa shape index (κ2) is 4.99. The SMILES string of the molecule is O=Cc1ccc(Sc2ncnc3nc[nH]c23)cc1Cl. The number of aldehydes is 1. The van der Waals surface area contributed by atoms with Crippen LogP contribution in [0.4, 0.5) is 0 Å². The van der Waals surface area contributed by atoms with Gasteiger partial charge in [0.1, 0.15) is 16.9 Å². The number of imidazole rings is 1. The average molecular weight is 291 g/mol. The fraction of sp³-hybridized carbons (Fsp3) is 0. The highest BCUT2D eigenvalue weighted by Crippen LogP contribution is 2.31. The molecule has 0 amide bonds. The normalized spacial score (nSPS) is 10.8. The summed E-state index contributed by atoms with van der Waals surface area (Å²) in [7, 11) is 0. The van der Waals surface area contributed by atoms with Crippen molar-refractivity contribution < 1.29 is 4.79 Å². The lowest BCUT2D eigenvalue weighted by Crippen LogP contribution is -1.87. The molecule has 2 aromatic heterocycles. The third-order valence-electron chi connectivity index (χ3n) is 2.50. The average Bonchev–Trinajstić information content (AvgIpc) is 2.88. The molecule has 0 aliphatic carbocycles. The second-order valence-corrected chi connectivity index (χ2v) is 5.15. The summed E-state index contributed by atoms with van der Waals surface area (Å²) in [6.45, 7) is 0. The Morgan fingerprint density at radius 3 is 2.95 bits per heavy atom. The largest absolute Gasteiger partial charge is 0.341 e. The van der Waals surface area contributed by atoms with Crippen LogP contribution in [0.2, 0.25) is 5.02 Å². The number of halogens is 1. The number of aromatic amines is 1. The number of nitrogens with zero attached hydrogens (tertiary/aromatic N) is 3. The summed E-state index contributed by atoms with van der Waals surface area (Å²) in [5.41, 5.74) is 1.87. The Balaban J connectivity index is 1.99. The molecule has 0 fully saturated rings. The third-order valence-corrected chi connectivity index (χ3v) is 3.82. The lowest BCUT2D eigenvalue weighted by atomic mass is 10.2. The number of hydrogen-bond acceptors (Lipinski definition) is 5. The van der Waals surface area contributed by atoms with Crippen molar-refractivity contribution in [1.29, 1.82) is 0 Å². The Hall–Kier alpha value is -1.92. The lowest BCUT2D eigenvalue weighted by Gasteiger charge is -2.03. The van der Waals surface area contributed by atoms with Crippen molar-refractivity contribution in [2.45, 2.75) is 9.92 Å². The molecule has 5 nitrogen and oxygen atoms in total. The van der Waals surface area contributed by atoms with Crippen molar-refractivity contribution >= 4 is 40.8 Å². The van der Waals surface area contributed by atoms with Crippen LogP contribution in [0, 0.1) is 0 Å². The standard InChI is InChI=1S/C12H7ClN4OS/c13-9-3-8(2-1-7(9)4-18)19-12-10-11(15-5-14-10)16-6-17-12/h1-6H,(H,14,15,16,17). The molecule has 19 heavy (non-hydrogen) atoms. The van der Waals surface area contributed by atoms with Crippen LogP contribution in [0.5, 0.6) is 0 Å². The van der Waals surface area contributed by atoms with Crippen LogP contribution >= 0.6 is 23.4 Å². The molecule has 2 heterocycles. The van der Waals surface area contributed by atoms with Gasteiger partial charge in [0.25, 0.3) is 0 Å². The zero-order valence-electron chi connectivity index (χ0n) is 9.50. The molecule has 1 N–H and O–H groups in total. The Bertz CT molecular complexity index is 758. The molecule has 0 bridgehead atoms. The molecular weight excluding hydrogens is 284 g/mol. The van der Waals surface area contributed by atoms with Gasteiger partial charge in [0.05, 0.1) is 11.3 Å². The maximum atomic E-state index is 10.7. The van der Waals surface area contributed by atoms with Gasteiger partial charge in [0, 0.05) is 10.5 Å². The summed E-state index contributed by atoms with van der Waals surface area (Å²) in [4.78, 5) is 26.9. The zero-order chi connectivity index (χ0) is 13.2. The van der Waals surface area contributed by atoms with Crippen LogP contribution in [0.1, 0.15) is 10.4 Å². The van der Waals surface area contributed by atoms with Crippen LogP contribution in [0.25, 0.3) is 11.2 Å². The Labute approximate surface area is 117 Å². The topological polar surface area (TPSA) is 71.5 Å². The number of hydrogen-bond donors (Lipinski definition) is 1. The second-order valence-electron chi connectivity index (χ2n) is 3.68. The predicted molar refractivity (Wildman–Crippen MR) is 72.6 cm³/mol. The van der Waals surface area contributed by atoms with Crippen LogP contribution in [-0.4, -0.2) is 26.2 Å². The molecule has 0 spiro atoms. The number of benzene rings is 1. The summed E-state index contributed by atoms with van der Waals surface area (Å²) in [6, 6.07) is 5.24. The monoisotopic (exact) mass is 290 g/mol. The summed E-state index contributed by atoms with van der Waals surface area (Å²) in [5.74, 6) is 0. The maximum Gasteiger partial charge on any atom is 0.181 e. The first-order valence-electron chi connectivity index (χ1n) is 5.34. The maximum absolute atomic E-state index is 10.7. The molecule has 3 aromatic rings. The fourth-order valence-corrected chi connectivity index (χ4v) is 2.78. The quantitative estimate of drug-likeness (QED) is 0.593. The van der Waals surface area contributed by atoms with Gasteiger partial charge in [-0.1, -0.05) is 23.4 Å². The smallest absolute Gasteiger partial charge is 0.181 e. The summed E-state index contributed by atoms with van der Waals surface area (Å²) in [6.07, 6.45) is 3.77. The highest BCUT2D eigenvalue weighted by atomic mass is 35.5. The predicted octanol–water partition coefficient (Wildman–Crippen LogP) is 2.97. The van der Waals surface area contributed by atoms with E-state index >= 15 is 0 Å². The van der Waals surface area contributed by atoms with Gasteiger partial charge in [-0.3, -0.25) is 4.79 Å². The Morgan fingerprint density at radius 1 is 1.26 bits per heavy atom. The number of nitrogens with one attached hydrogen (secondary N) is 1. The lowest BCUT2D eigenvalue weighted by molar-refractivity contribution is 0.112. The van der Waals surface area contributed by atoms with Crippen molar-refractivity contribution in [1.82, 2.24) is 19.9 Å². The van der Waals surface area contributed by atoms with Crippen molar-refractivity contribution in [3.05, 3.63) is 41.4 Å². The van der Waals surface area contributed by atoms with Gasteiger partial charge in [-0.2, -0.15) is 0 Å². The first-order valence-corrected chi connectivity index (χ1v) is 6.54. The Kier molecular flexibility index (Phi) is 3.18. The molecule has 0 aliphatic heterocycles. The van der Waals surface area contributed by atoms with Crippen LogP contribution < -0.4 is 0 Å². The van der Waals surface area contributed by atoms with Crippen molar-refractivity contribution in [2.24, 2.45) is 0 Å². The first-order chi connectivity index (χ1) is 9.28. The van der Waals surface area contributed by atoms with E-state index < -0.39 is 0 Å². The van der Waals surface area contributed by atoms with Gasteiger partial charge in [-0.05, 0) is 18.2 Å². The van der Waals surface area contributed by atoms with E-state index in [4.69, 9.17) is 11.6 Å². The number of H-pyrrole nitrogens is 1. The summed E-state index contributed by atoms with van der Waals surface area (Å²) in [5, 5.41) is 1.19. The first kappa shape index (κ1) is 12.1. The minimum absolute atomic E-state index is 0.426. The van der Waals surface area contributed by atoms with Crippen LogP contribution in [-0.2, 0) is 0 Å². The summed E-state index contributed by atoms with van der Waals surface area (Å²) >= 11 is 7.43. The molecule has 0 unspecified atom stereocenters. The van der Waals surface area contributed by atoms with Gasteiger partial charge < -0.3 is 4.98 Å². The molecule has 0 radical (unpaired) electrons. The van der Waals surface area contributed by atoms with Gasteiger partial charge in [-0.25, -0.2) is 15.0 Å². The number of carbonyl (C=O) groups is 1. The highest BCUT2D eigenvalue weighted by Gasteiger charge is 2.09. The van der Waals surface area contributed by atoms with Crippen molar-refractivity contribution in [3.63, 3.8) is 0 Å². The minimum atomic E-state index is 0.426. The van der Waals surface area contributed by atoms with Crippen LogP contribution in [0.15, 0.2) is 40.8 Å². The number of rotatable bonds is 3. The van der Waals surface area contributed by atoms with Gasteiger partial charge in [0.15, 0.2) is 11.9 Å². The van der Waals surface area contributed by atoms with Gasteiger partial charge >= 0.3 is 0 Å². The number of aromatic nitrogens is 4. The van der Waals surface area contributed by atoms with E-state index in [0.29, 0.717) is 16.2 Å². The third kappa shape index (κ3) is 2.32. The molecule has 0 aliphatic rings. The van der Waals surface area contributed by atoms with Gasteiger partial charge in [0.2, 0.25) is 0 Å². The van der Waals surface area contributed by atoms with E-state index in [1.165, 1.54) is 18.1 Å². The molecule has 94 valence electrons. The van der Waals surface area contributed by atoms with Crippen LogP contribution in [0.3, 0.4) is 0 Å². The molecule has 0 saturated carbocycles. The molecule has 0 saturated heterocycles. The fourth-order valence-electron chi connectivity index (χ4n) is 1.60. The minimum Gasteiger partial charge on any atom is -0.341 e. The van der Waals surface area contributed by atoms with Crippen molar-refractivity contribution in [3.8, 4) is 0 Å². The number of fused-ring (bicyclic) bond motifs is 1. The van der Waals surface area contributed by atoms with Gasteiger partial charge in [-0.15, -0.1) is 0 Å². The van der Waals surface area contributed by atoms with E-state index in [9.17, 15) is 4.79 Å². The molecule has 3 rings (SSSR count). The molecule has 7 heteroatoms. The Morgan fingerprint density at radius 2 is 2.16 bits per heavy atom.